The third-order valence-electron chi connectivity index (χ3n) is 10.6. The van der Waals surface area contributed by atoms with E-state index in [1.54, 1.807) is 6.07 Å². The van der Waals surface area contributed by atoms with Crippen molar-refractivity contribution >= 4 is 10.0 Å². The molecular weight excluding hydrogens is 458 g/mol. The van der Waals surface area contributed by atoms with Gasteiger partial charge in [0, 0.05) is 19.8 Å². The Balaban J connectivity index is 1.28. The van der Waals surface area contributed by atoms with Crippen LogP contribution in [0.15, 0.2) is 23.2 Å². The number of hydrogen-bond acceptors (Lipinski definition) is 5. The number of aromatic nitrogens is 1. The summed E-state index contributed by atoms with van der Waals surface area (Å²) in [6.45, 7) is 5.40. The molecule has 35 heavy (non-hydrogen) atoms. The van der Waals surface area contributed by atoms with E-state index in [1.807, 2.05) is 20.1 Å². The van der Waals surface area contributed by atoms with Gasteiger partial charge >= 0.3 is 0 Å². The Hall–Kier alpha value is -1.49. The van der Waals surface area contributed by atoms with E-state index in [2.05, 4.69) is 16.6 Å². The SMILES string of the molecule is COC[C@H]1CC[C@@H]2C3CC[C@@]4(C)C(CCC4[C@H](C)NS(=O)(=O)c4cccc(C#N)n4)[C@@H]3CC[C@@H]2C1. The van der Waals surface area contributed by atoms with Gasteiger partial charge in [0.1, 0.15) is 11.8 Å². The van der Waals surface area contributed by atoms with E-state index >= 15 is 0 Å². The molecule has 0 aromatic carbocycles. The number of nitriles is 1. The molecule has 0 aliphatic heterocycles. The molecule has 192 valence electrons. The quantitative estimate of drug-likeness (QED) is 0.584. The minimum atomic E-state index is -3.77. The zero-order valence-electron chi connectivity index (χ0n) is 21.4. The predicted molar refractivity (Wildman–Crippen MR) is 135 cm³/mol. The molecule has 4 aliphatic carbocycles. The van der Waals surface area contributed by atoms with Gasteiger partial charge in [-0.25, -0.2) is 18.1 Å². The van der Waals surface area contributed by atoms with Gasteiger partial charge in [-0.05, 0) is 124 Å². The van der Waals surface area contributed by atoms with Crippen LogP contribution in [-0.4, -0.2) is 33.2 Å². The summed E-state index contributed by atoms with van der Waals surface area (Å²) in [4.78, 5) is 4.03. The molecule has 0 radical (unpaired) electrons. The van der Waals surface area contributed by atoms with Crippen LogP contribution in [0.5, 0.6) is 0 Å². The Kier molecular flexibility index (Phi) is 7.02. The first-order chi connectivity index (χ1) is 16.8. The molecule has 5 rings (SSSR count). The van der Waals surface area contributed by atoms with Crippen molar-refractivity contribution in [3.8, 4) is 6.07 Å². The number of nitrogens with one attached hydrogen (secondary N) is 1. The number of ether oxygens (including phenoxy) is 1. The van der Waals surface area contributed by atoms with Crippen LogP contribution in [0.2, 0.25) is 0 Å². The Morgan fingerprint density at radius 1 is 1.14 bits per heavy atom. The van der Waals surface area contributed by atoms with Gasteiger partial charge in [0.05, 0.1) is 0 Å². The molecule has 4 aliphatic rings. The highest BCUT2D eigenvalue weighted by Crippen LogP contribution is 2.65. The Labute approximate surface area is 211 Å². The lowest BCUT2D eigenvalue weighted by Crippen LogP contribution is -2.51. The molecule has 1 aromatic rings. The molecule has 4 fully saturated rings. The van der Waals surface area contributed by atoms with Crippen molar-refractivity contribution in [1.29, 1.82) is 5.26 Å². The lowest BCUT2D eigenvalue weighted by molar-refractivity contribution is -0.0739. The topological polar surface area (TPSA) is 92.1 Å². The predicted octanol–water partition coefficient (Wildman–Crippen LogP) is 5.15. The number of pyridine rings is 1. The van der Waals surface area contributed by atoms with Gasteiger partial charge in [0.15, 0.2) is 5.03 Å². The van der Waals surface area contributed by atoms with Crippen LogP contribution in [0.4, 0.5) is 0 Å². The van der Waals surface area contributed by atoms with Crippen LogP contribution in [0, 0.1) is 58.2 Å². The average molecular weight is 500 g/mol. The molecule has 0 spiro atoms. The Morgan fingerprint density at radius 2 is 1.94 bits per heavy atom. The molecule has 0 saturated heterocycles. The van der Waals surface area contributed by atoms with Crippen LogP contribution in [0.25, 0.3) is 0 Å². The van der Waals surface area contributed by atoms with Crippen molar-refractivity contribution in [3.63, 3.8) is 0 Å². The maximum Gasteiger partial charge on any atom is 0.258 e. The van der Waals surface area contributed by atoms with E-state index in [-0.39, 0.29) is 22.2 Å². The molecule has 1 N–H and O–H groups in total. The first-order valence-corrected chi connectivity index (χ1v) is 15.1. The Morgan fingerprint density at radius 3 is 2.71 bits per heavy atom. The molecule has 1 aromatic heterocycles. The number of fused-ring (bicyclic) bond motifs is 5. The summed E-state index contributed by atoms with van der Waals surface area (Å²) in [6, 6.07) is 6.37. The fourth-order valence-electron chi connectivity index (χ4n) is 9.21. The monoisotopic (exact) mass is 499 g/mol. The molecule has 4 saturated carbocycles. The summed E-state index contributed by atoms with van der Waals surface area (Å²) in [6.07, 6.45) is 11.6. The van der Waals surface area contributed by atoms with Crippen molar-refractivity contribution in [3.05, 3.63) is 23.9 Å². The van der Waals surface area contributed by atoms with E-state index in [0.29, 0.717) is 11.8 Å². The second-order valence-electron chi connectivity index (χ2n) is 12.2. The highest BCUT2D eigenvalue weighted by molar-refractivity contribution is 7.89. The van der Waals surface area contributed by atoms with E-state index in [1.165, 1.54) is 63.5 Å². The largest absolute Gasteiger partial charge is 0.384 e. The molecule has 0 bridgehead atoms. The van der Waals surface area contributed by atoms with E-state index in [0.717, 1.165) is 42.6 Å². The number of methoxy groups -OCH3 is 1. The van der Waals surface area contributed by atoms with Crippen molar-refractivity contribution < 1.29 is 13.2 Å². The summed E-state index contributed by atoms with van der Waals surface area (Å²) in [7, 11) is -1.93. The van der Waals surface area contributed by atoms with Gasteiger partial charge < -0.3 is 4.74 Å². The normalized spacial score (nSPS) is 39.7. The van der Waals surface area contributed by atoms with Crippen molar-refractivity contribution in [2.75, 3.05) is 13.7 Å². The smallest absolute Gasteiger partial charge is 0.258 e. The van der Waals surface area contributed by atoms with Gasteiger partial charge in [-0.2, -0.15) is 5.26 Å². The van der Waals surface area contributed by atoms with Crippen molar-refractivity contribution in [2.24, 2.45) is 46.8 Å². The molecule has 1 heterocycles. The minimum absolute atomic E-state index is 0.0609. The zero-order chi connectivity index (χ0) is 24.8. The van der Waals surface area contributed by atoms with Gasteiger partial charge in [-0.3, -0.25) is 0 Å². The summed E-state index contributed by atoms with van der Waals surface area (Å²) in [5, 5.41) is 9.06. The number of nitrogens with zero attached hydrogens (tertiary/aromatic N) is 2. The lowest BCUT2D eigenvalue weighted by Gasteiger charge is -2.56. The molecule has 6 nitrogen and oxygen atoms in total. The highest BCUT2D eigenvalue weighted by Gasteiger charge is 2.58. The fourth-order valence-corrected chi connectivity index (χ4v) is 10.5. The standard InChI is InChI=1S/C28H41N3O3S/c1-18(31-35(32,33)27-6-4-5-21(16-29)30-27)25-11-12-26-24-10-8-20-15-19(17-34-3)7-9-22(20)23(24)13-14-28(25,26)2/h4-6,18-20,22-26,31H,7-15,17H2,1-3H3/t18-,19-,20+,22-,23?,24+,25?,26?,28+/m0/s1. The van der Waals surface area contributed by atoms with Crippen LogP contribution in [-0.2, 0) is 14.8 Å². The summed E-state index contributed by atoms with van der Waals surface area (Å²) >= 11 is 0. The maximum absolute atomic E-state index is 13.1. The van der Waals surface area contributed by atoms with Gasteiger partial charge in [-0.15, -0.1) is 0 Å². The fraction of sp³-hybridized carbons (Fsp3) is 0.786. The van der Waals surface area contributed by atoms with Crippen LogP contribution in [0.1, 0.15) is 77.3 Å². The summed E-state index contributed by atoms with van der Waals surface area (Å²) < 4.78 is 34.6. The average Bonchev–Trinajstić information content (AvgIpc) is 3.21. The van der Waals surface area contributed by atoms with Gasteiger partial charge in [0.25, 0.3) is 10.0 Å². The van der Waals surface area contributed by atoms with Crippen molar-refractivity contribution in [2.45, 2.75) is 82.7 Å². The van der Waals surface area contributed by atoms with Gasteiger partial charge in [0.2, 0.25) is 0 Å². The first kappa shape index (κ1) is 25.2. The zero-order valence-corrected chi connectivity index (χ0v) is 22.3. The third kappa shape index (κ3) is 4.55. The molecule has 3 unspecified atom stereocenters. The second-order valence-corrected chi connectivity index (χ2v) is 13.8. The van der Waals surface area contributed by atoms with E-state index in [4.69, 9.17) is 10.00 Å². The van der Waals surface area contributed by atoms with Crippen LogP contribution in [0.3, 0.4) is 0 Å². The molecule has 9 atom stereocenters. The first-order valence-electron chi connectivity index (χ1n) is 13.6. The van der Waals surface area contributed by atoms with Gasteiger partial charge in [-0.1, -0.05) is 13.0 Å². The summed E-state index contributed by atoms with van der Waals surface area (Å²) in [5.74, 6) is 5.22. The Bertz CT molecular complexity index is 1070. The van der Waals surface area contributed by atoms with Crippen LogP contribution < -0.4 is 4.72 Å². The van der Waals surface area contributed by atoms with Crippen LogP contribution >= 0.6 is 0 Å². The lowest BCUT2D eigenvalue weighted by atomic mass is 9.49. The maximum atomic E-state index is 13.1. The number of sulfonamides is 1. The highest BCUT2D eigenvalue weighted by atomic mass is 32.2. The molecule has 0 amide bonds. The second kappa shape index (κ2) is 9.76. The van der Waals surface area contributed by atoms with E-state index < -0.39 is 10.0 Å². The molecular formula is C28H41N3O3S. The number of rotatable bonds is 6. The number of hydrogen-bond donors (Lipinski definition) is 1. The van der Waals surface area contributed by atoms with Crippen molar-refractivity contribution in [1.82, 2.24) is 9.71 Å². The van der Waals surface area contributed by atoms with E-state index in [9.17, 15) is 8.42 Å². The molecule has 7 heteroatoms. The summed E-state index contributed by atoms with van der Waals surface area (Å²) in [5.41, 5.74) is 0.309. The minimum Gasteiger partial charge on any atom is -0.384 e. The third-order valence-corrected chi connectivity index (χ3v) is 12.1.